The second kappa shape index (κ2) is 48.0. The van der Waals surface area contributed by atoms with E-state index in [1.54, 1.807) is 0 Å². The van der Waals surface area contributed by atoms with Crippen LogP contribution in [0.5, 0.6) is 0 Å². The summed E-state index contributed by atoms with van der Waals surface area (Å²) in [5.41, 5.74) is 0. The number of hydrogen-bond acceptors (Lipinski definition) is 7. The molecule has 0 saturated heterocycles. The van der Waals surface area contributed by atoms with E-state index in [4.69, 9.17) is 18.9 Å². The van der Waals surface area contributed by atoms with Gasteiger partial charge in [-0.05, 0) is 51.4 Å². The van der Waals surface area contributed by atoms with Gasteiger partial charge in [0.05, 0.1) is 34.4 Å². The normalized spacial score (nSPS) is 13.1. The van der Waals surface area contributed by atoms with E-state index in [9.17, 15) is 19.5 Å². The molecule has 9 nitrogen and oxygen atoms in total. The minimum absolute atomic E-state index is 0.182. The fourth-order valence-electron chi connectivity index (χ4n) is 7.67. The first kappa shape index (κ1) is 62.5. The van der Waals surface area contributed by atoms with Crippen molar-refractivity contribution in [2.24, 2.45) is 0 Å². The highest BCUT2D eigenvalue weighted by Crippen LogP contribution is 2.16. The molecule has 2 atom stereocenters. The van der Waals surface area contributed by atoms with Crippen molar-refractivity contribution in [2.75, 3.05) is 47.5 Å². The number of quaternary nitrogens is 1. The summed E-state index contributed by atoms with van der Waals surface area (Å²) in [6.45, 7) is 4.88. The minimum atomic E-state index is -1.51. The summed E-state index contributed by atoms with van der Waals surface area (Å²) in [6.07, 6.45) is 53.5. The number of carboxylic acids is 1. The zero-order valence-electron chi connectivity index (χ0n) is 43.2. The Hall–Kier alpha value is -2.49. The summed E-state index contributed by atoms with van der Waals surface area (Å²) in [5, 5.41) is 9.68. The van der Waals surface area contributed by atoms with Crippen molar-refractivity contribution in [1.29, 1.82) is 0 Å². The average molecular weight is 919 g/mol. The number of unbranched alkanes of at least 4 members (excludes halogenated alkanes) is 29. The number of likely N-dealkylation sites (N-methyl/N-ethyl adjacent to an activating group) is 1. The van der Waals surface area contributed by atoms with Gasteiger partial charge in [-0.2, -0.15) is 0 Å². The number of nitrogens with zero attached hydrogens (tertiary/aromatic N) is 1. The molecule has 9 heteroatoms. The molecule has 380 valence electrons. The number of ether oxygens (including phenoxy) is 4. The summed E-state index contributed by atoms with van der Waals surface area (Å²) >= 11 is 0. The van der Waals surface area contributed by atoms with Crippen LogP contribution in [0.4, 0.5) is 0 Å². The van der Waals surface area contributed by atoms with Crippen LogP contribution in [-0.2, 0) is 33.3 Å². The molecule has 0 aliphatic carbocycles. The van der Waals surface area contributed by atoms with Gasteiger partial charge in [0.25, 0.3) is 6.29 Å². The van der Waals surface area contributed by atoms with Crippen LogP contribution in [0.15, 0.2) is 36.5 Å². The first-order valence-corrected chi connectivity index (χ1v) is 27.2. The Bertz CT molecular complexity index is 1160. The highest BCUT2D eigenvalue weighted by atomic mass is 16.7. The van der Waals surface area contributed by atoms with Crippen LogP contribution in [0.2, 0.25) is 0 Å². The van der Waals surface area contributed by atoms with E-state index < -0.39 is 24.3 Å². The SMILES string of the molecule is CCCCCCC/C=C\C/C=C\C/C=C\CCCCCCCCCCC(=O)OC(COC(=O)CCCCCCCCCCCCCCCCCCC)COC(OCC[N+](C)(C)C)C(=O)O. The van der Waals surface area contributed by atoms with Crippen molar-refractivity contribution in [3.05, 3.63) is 36.5 Å². The maximum absolute atomic E-state index is 12.8. The molecular weight excluding hydrogens is 815 g/mol. The summed E-state index contributed by atoms with van der Waals surface area (Å²) in [7, 11) is 5.97. The molecule has 0 radical (unpaired) electrons. The number of allylic oxidation sites excluding steroid dienone is 6. The third kappa shape index (κ3) is 49.2. The number of esters is 2. The summed E-state index contributed by atoms with van der Waals surface area (Å²) < 4.78 is 22.8. The molecule has 0 bridgehead atoms. The van der Waals surface area contributed by atoms with Gasteiger partial charge in [0.1, 0.15) is 13.2 Å². The second-order valence-corrected chi connectivity index (χ2v) is 19.5. The Kier molecular flexibility index (Phi) is 46.1. The fourth-order valence-corrected chi connectivity index (χ4v) is 7.67. The summed E-state index contributed by atoms with van der Waals surface area (Å²) in [6, 6.07) is 0. The van der Waals surface area contributed by atoms with Gasteiger partial charge in [-0.25, -0.2) is 4.79 Å². The largest absolute Gasteiger partial charge is 0.477 e. The molecule has 0 aromatic carbocycles. The van der Waals surface area contributed by atoms with Crippen LogP contribution in [0, 0.1) is 0 Å². The maximum atomic E-state index is 12.8. The standard InChI is InChI=1S/C56H103NO8/c1-6-8-10-12-14-16-18-20-22-24-25-26-27-28-29-31-33-35-37-39-41-43-45-47-54(59)65-52(51-64-56(55(60)61)62-49-48-57(3,4)5)50-63-53(58)46-44-42-40-38-36-34-32-30-23-21-19-17-15-13-11-9-7-2/h18,20,24-25,27-28,52,56H,6-17,19,21-23,26,29-51H2,1-5H3/p+1/b20-18-,25-24-,28-27-. The first-order valence-electron chi connectivity index (χ1n) is 27.2. The van der Waals surface area contributed by atoms with Gasteiger partial charge < -0.3 is 28.5 Å². The van der Waals surface area contributed by atoms with Crippen molar-refractivity contribution >= 4 is 17.9 Å². The molecule has 0 rings (SSSR count). The third-order valence-corrected chi connectivity index (χ3v) is 11.9. The fraction of sp³-hybridized carbons (Fsp3) is 0.839. The lowest BCUT2D eigenvalue weighted by Crippen LogP contribution is -2.40. The number of hydrogen-bond donors (Lipinski definition) is 1. The molecule has 0 aromatic heterocycles. The van der Waals surface area contributed by atoms with E-state index in [-0.39, 0.29) is 32.2 Å². The Labute approximate surface area is 400 Å². The zero-order chi connectivity index (χ0) is 47.7. The van der Waals surface area contributed by atoms with Gasteiger partial charge in [0.15, 0.2) is 6.10 Å². The molecule has 1 N–H and O–H groups in total. The minimum Gasteiger partial charge on any atom is -0.477 e. The van der Waals surface area contributed by atoms with Crippen LogP contribution in [0.1, 0.15) is 245 Å². The highest BCUT2D eigenvalue weighted by Gasteiger charge is 2.25. The quantitative estimate of drug-likeness (QED) is 0.0211. The molecule has 0 aliphatic rings. The van der Waals surface area contributed by atoms with E-state index >= 15 is 0 Å². The van der Waals surface area contributed by atoms with E-state index in [1.165, 1.54) is 154 Å². The number of carbonyl (C=O) groups is 3. The lowest BCUT2D eigenvalue weighted by atomic mass is 10.0. The summed E-state index contributed by atoms with van der Waals surface area (Å²) in [5.74, 6) is -2.00. The van der Waals surface area contributed by atoms with Gasteiger partial charge in [0.2, 0.25) is 0 Å². The summed E-state index contributed by atoms with van der Waals surface area (Å²) in [4.78, 5) is 37.3. The predicted octanol–water partition coefficient (Wildman–Crippen LogP) is 15.3. The lowest BCUT2D eigenvalue weighted by Gasteiger charge is -2.25. The van der Waals surface area contributed by atoms with E-state index in [0.29, 0.717) is 23.9 Å². The van der Waals surface area contributed by atoms with E-state index in [0.717, 1.165) is 57.8 Å². The Morgan fingerprint density at radius 2 is 0.831 bits per heavy atom. The monoisotopic (exact) mass is 919 g/mol. The van der Waals surface area contributed by atoms with Gasteiger partial charge >= 0.3 is 17.9 Å². The molecule has 0 fully saturated rings. The molecule has 0 heterocycles. The molecule has 0 amide bonds. The van der Waals surface area contributed by atoms with Crippen LogP contribution < -0.4 is 0 Å². The molecular formula is C56H104NO8+. The Balaban J connectivity index is 4.30. The predicted molar refractivity (Wildman–Crippen MR) is 272 cm³/mol. The number of aliphatic carboxylic acids is 1. The number of rotatable bonds is 50. The topological polar surface area (TPSA) is 108 Å². The molecule has 65 heavy (non-hydrogen) atoms. The third-order valence-electron chi connectivity index (χ3n) is 11.9. The Morgan fingerprint density at radius 3 is 1.23 bits per heavy atom. The van der Waals surface area contributed by atoms with E-state index in [1.807, 2.05) is 21.1 Å². The van der Waals surface area contributed by atoms with Crippen molar-refractivity contribution < 1.29 is 42.9 Å². The van der Waals surface area contributed by atoms with Crippen LogP contribution in [0.25, 0.3) is 0 Å². The number of carboxylic acid groups (broad SMARTS) is 1. The lowest BCUT2D eigenvalue weighted by molar-refractivity contribution is -0.870. The zero-order valence-corrected chi connectivity index (χ0v) is 43.2. The van der Waals surface area contributed by atoms with Crippen molar-refractivity contribution in [3.8, 4) is 0 Å². The van der Waals surface area contributed by atoms with Crippen LogP contribution in [-0.4, -0.2) is 87.4 Å². The van der Waals surface area contributed by atoms with Gasteiger partial charge in [0, 0.05) is 12.8 Å². The van der Waals surface area contributed by atoms with Gasteiger partial charge in [-0.3, -0.25) is 9.59 Å². The van der Waals surface area contributed by atoms with Gasteiger partial charge in [-0.15, -0.1) is 0 Å². The van der Waals surface area contributed by atoms with Crippen LogP contribution in [0.3, 0.4) is 0 Å². The van der Waals surface area contributed by atoms with Crippen molar-refractivity contribution in [2.45, 2.75) is 257 Å². The maximum Gasteiger partial charge on any atom is 0.361 e. The molecule has 0 aromatic rings. The first-order chi connectivity index (χ1) is 31.6. The average Bonchev–Trinajstić information content (AvgIpc) is 3.27. The van der Waals surface area contributed by atoms with Crippen molar-refractivity contribution in [3.63, 3.8) is 0 Å². The van der Waals surface area contributed by atoms with Crippen molar-refractivity contribution in [1.82, 2.24) is 0 Å². The molecule has 0 aliphatic heterocycles. The molecule has 2 unspecified atom stereocenters. The highest BCUT2D eigenvalue weighted by molar-refractivity contribution is 5.71. The smallest absolute Gasteiger partial charge is 0.361 e. The number of carbonyl (C=O) groups excluding carboxylic acids is 2. The molecule has 0 spiro atoms. The van der Waals surface area contributed by atoms with Crippen LogP contribution >= 0.6 is 0 Å². The molecule has 0 saturated carbocycles. The Morgan fingerprint density at radius 1 is 0.462 bits per heavy atom. The van der Waals surface area contributed by atoms with E-state index in [2.05, 4.69) is 50.3 Å². The second-order valence-electron chi connectivity index (χ2n) is 19.5. The van der Waals surface area contributed by atoms with Gasteiger partial charge in [-0.1, -0.05) is 217 Å².